The number of hydrogen-bond acceptors (Lipinski definition) is 4. The summed E-state index contributed by atoms with van der Waals surface area (Å²) < 4.78 is 0. The van der Waals surface area contributed by atoms with Gasteiger partial charge in [-0.25, -0.2) is 4.98 Å². The maximum absolute atomic E-state index is 12.0. The normalized spacial score (nSPS) is 14.2. The average Bonchev–Trinajstić information content (AvgIpc) is 3.11. The van der Waals surface area contributed by atoms with Crippen molar-refractivity contribution < 1.29 is 4.79 Å². The summed E-state index contributed by atoms with van der Waals surface area (Å²) in [6.07, 6.45) is 11.3. The topological polar surface area (TPSA) is 54.9 Å². The first-order valence-corrected chi connectivity index (χ1v) is 9.49. The highest BCUT2D eigenvalue weighted by atomic mass is 32.1. The van der Waals surface area contributed by atoms with Gasteiger partial charge in [0.2, 0.25) is 5.91 Å². The Morgan fingerprint density at radius 3 is 3.00 bits per heavy atom. The molecule has 2 aromatic heterocycles. The van der Waals surface area contributed by atoms with Gasteiger partial charge in [-0.05, 0) is 50.7 Å². The molecule has 24 heavy (non-hydrogen) atoms. The fourth-order valence-corrected chi connectivity index (χ4v) is 3.68. The lowest BCUT2D eigenvalue weighted by atomic mass is 9.97. The average molecular weight is 341 g/mol. The molecule has 0 radical (unpaired) electrons. The highest BCUT2D eigenvalue weighted by Gasteiger charge is 2.08. The summed E-state index contributed by atoms with van der Waals surface area (Å²) in [6, 6.07) is 5.81. The molecule has 3 rings (SSSR count). The Bertz CT molecular complexity index is 694. The molecule has 4 nitrogen and oxygen atoms in total. The number of aromatic nitrogens is 2. The molecular weight excluding hydrogens is 318 g/mol. The number of rotatable bonds is 7. The number of carbonyl (C=O) groups is 1. The molecule has 0 saturated heterocycles. The summed E-state index contributed by atoms with van der Waals surface area (Å²) in [5.74, 6) is 0.110. The molecule has 1 N–H and O–H groups in total. The van der Waals surface area contributed by atoms with E-state index in [-0.39, 0.29) is 5.91 Å². The van der Waals surface area contributed by atoms with Crippen molar-refractivity contribution in [3.63, 3.8) is 0 Å². The van der Waals surface area contributed by atoms with Gasteiger partial charge in [0.25, 0.3) is 0 Å². The van der Waals surface area contributed by atoms with Gasteiger partial charge in [0, 0.05) is 24.5 Å². The Balaban J connectivity index is 1.40. The predicted octanol–water partition coefficient (Wildman–Crippen LogP) is 4.14. The number of hydrogen-bond donors (Lipinski definition) is 1. The molecule has 1 aliphatic rings. The summed E-state index contributed by atoms with van der Waals surface area (Å²) in [4.78, 5) is 20.8. The number of nitrogens with zero attached hydrogens (tertiary/aromatic N) is 2. The molecule has 2 aromatic rings. The summed E-state index contributed by atoms with van der Waals surface area (Å²) in [7, 11) is 0. The van der Waals surface area contributed by atoms with Gasteiger partial charge in [-0.3, -0.25) is 9.78 Å². The first-order valence-electron chi connectivity index (χ1n) is 8.62. The first-order chi connectivity index (χ1) is 11.8. The molecule has 2 heterocycles. The Kier molecular flexibility index (Phi) is 6.13. The van der Waals surface area contributed by atoms with Crippen LogP contribution in [0.5, 0.6) is 0 Å². The quantitative estimate of drug-likeness (QED) is 0.770. The second-order valence-electron chi connectivity index (χ2n) is 6.07. The smallest absolute Gasteiger partial charge is 0.220 e. The van der Waals surface area contributed by atoms with Crippen molar-refractivity contribution in [1.82, 2.24) is 15.3 Å². The van der Waals surface area contributed by atoms with Crippen molar-refractivity contribution in [3.8, 4) is 10.7 Å². The zero-order chi connectivity index (χ0) is 16.6. The molecule has 0 aromatic carbocycles. The fraction of sp³-hybridized carbons (Fsp3) is 0.421. The van der Waals surface area contributed by atoms with Gasteiger partial charge >= 0.3 is 0 Å². The van der Waals surface area contributed by atoms with E-state index < -0.39 is 0 Å². The summed E-state index contributed by atoms with van der Waals surface area (Å²) >= 11 is 1.58. The number of amides is 1. The van der Waals surface area contributed by atoms with Gasteiger partial charge in [-0.2, -0.15) is 0 Å². The zero-order valence-electron chi connectivity index (χ0n) is 13.8. The van der Waals surface area contributed by atoms with Crippen LogP contribution in [0.4, 0.5) is 0 Å². The van der Waals surface area contributed by atoms with Gasteiger partial charge in [-0.1, -0.05) is 17.7 Å². The van der Waals surface area contributed by atoms with Crippen molar-refractivity contribution in [3.05, 3.63) is 47.1 Å². The summed E-state index contributed by atoms with van der Waals surface area (Å²) in [5, 5.41) is 5.95. The van der Waals surface area contributed by atoms with Crippen molar-refractivity contribution in [2.24, 2.45) is 0 Å². The van der Waals surface area contributed by atoms with Gasteiger partial charge in [-0.15, -0.1) is 11.3 Å². The Hall–Kier alpha value is -2.01. The van der Waals surface area contributed by atoms with Gasteiger partial charge < -0.3 is 5.32 Å². The summed E-state index contributed by atoms with van der Waals surface area (Å²) in [6.45, 7) is 0.751. The monoisotopic (exact) mass is 341 g/mol. The van der Waals surface area contributed by atoms with E-state index in [9.17, 15) is 4.79 Å². The molecule has 0 aliphatic heterocycles. The van der Waals surface area contributed by atoms with E-state index in [1.54, 1.807) is 17.5 Å². The van der Waals surface area contributed by atoms with Crippen LogP contribution < -0.4 is 5.32 Å². The van der Waals surface area contributed by atoms with Crippen molar-refractivity contribution in [1.29, 1.82) is 0 Å². The highest BCUT2D eigenvalue weighted by Crippen LogP contribution is 2.22. The lowest BCUT2D eigenvalue weighted by Gasteiger charge is -2.12. The number of carbonyl (C=O) groups excluding carboxylic acids is 1. The van der Waals surface area contributed by atoms with E-state index in [2.05, 4.69) is 21.4 Å². The van der Waals surface area contributed by atoms with Crippen LogP contribution >= 0.6 is 11.3 Å². The number of pyridine rings is 1. The second-order valence-corrected chi connectivity index (χ2v) is 6.93. The van der Waals surface area contributed by atoms with E-state index in [0.29, 0.717) is 12.8 Å². The van der Waals surface area contributed by atoms with Crippen molar-refractivity contribution in [2.45, 2.75) is 44.9 Å². The SMILES string of the molecule is O=C(CCc1csc(-c2ccccn2)n1)NCCC1=CCCCC1. The van der Waals surface area contributed by atoms with E-state index in [4.69, 9.17) is 0 Å². The Labute approximate surface area is 147 Å². The van der Waals surface area contributed by atoms with E-state index >= 15 is 0 Å². The third kappa shape index (κ3) is 4.99. The lowest BCUT2D eigenvalue weighted by Crippen LogP contribution is -2.25. The fourth-order valence-electron chi connectivity index (χ4n) is 2.85. The minimum atomic E-state index is 0.110. The zero-order valence-corrected chi connectivity index (χ0v) is 14.6. The van der Waals surface area contributed by atoms with Crippen LogP contribution in [0.3, 0.4) is 0 Å². The summed E-state index contributed by atoms with van der Waals surface area (Å²) in [5.41, 5.74) is 3.35. The Morgan fingerprint density at radius 2 is 2.21 bits per heavy atom. The largest absolute Gasteiger partial charge is 0.356 e. The molecule has 0 unspecified atom stereocenters. The minimum Gasteiger partial charge on any atom is -0.356 e. The molecule has 1 aliphatic carbocycles. The molecule has 5 heteroatoms. The van der Waals surface area contributed by atoms with Crippen LogP contribution in [0, 0.1) is 0 Å². The maximum atomic E-state index is 12.0. The van der Waals surface area contributed by atoms with Crippen LogP contribution in [0.1, 0.15) is 44.2 Å². The number of aryl methyl sites for hydroxylation is 1. The van der Waals surface area contributed by atoms with Crippen LogP contribution in [-0.4, -0.2) is 22.4 Å². The molecule has 126 valence electrons. The standard InChI is InChI=1S/C19H23N3OS/c23-18(21-13-11-15-6-2-1-3-7-15)10-9-16-14-24-19(22-16)17-8-4-5-12-20-17/h4-6,8,12,14H,1-3,7,9-11,13H2,(H,21,23). The number of thiazole rings is 1. The molecule has 0 bridgehead atoms. The predicted molar refractivity (Wildman–Crippen MR) is 97.8 cm³/mol. The maximum Gasteiger partial charge on any atom is 0.220 e. The van der Waals surface area contributed by atoms with E-state index in [1.165, 1.54) is 31.3 Å². The molecule has 0 atom stereocenters. The Morgan fingerprint density at radius 1 is 1.25 bits per heavy atom. The molecule has 0 fully saturated rings. The molecular formula is C19H23N3OS. The number of allylic oxidation sites excluding steroid dienone is 1. The lowest BCUT2D eigenvalue weighted by molar-refractivity contribution is -0.121. The first kappa shape index (κ1) is 16.8. The van der Waals surface area contributed by atoms with Crippen LogP contribution in [0.25, 0.3) is 10.7 Å². The second kappa shape index (κ2) is 8.73. The number of nitrogens with one attached hydrogen (secondary N) is 1. The molecule has 1 amide bonds. The third-order valence-corrected chi connectivity index (χ3v) is 5.11. The van der Waals surface area contributed by atoms with Crippen molar-refractivity contribution in [2.75, 3.05) is 6.54 Å². The van der Waals surface area contributed by atoms with Gasteiger partial charge in [0.1, 0.15) is 5.01 Å². The van der Waals surface area contributed by atoms with E-state index in [1.807, 2.05) is 23.6 Å². The van der Waals surface area contributed by atoms with E-state index in [0.717, 1.165) is 29.4 Å². The van der Waals surface area contributed by atoms with Crippen LogP contribution in [0.2, 0.25) is 0 Å². The van der Waals surface area contributed by atoms with Gasteiger partial charge in [0.15, 0.2) is 0 Å². The van der Waals surface area contributed by atoms with Crippen LogP contribution in [-0.2, 0) is 11.2 Å². The minimum absolute atomic E-state index is 0.110. The van der Waals surface area contributed by atoms with Crippen molar-refractivity contribution >= 4 is 17.2 Å². The van der Waals surface area contributed by atoms with Crippen LogP contribution in [0.15, 0.2) is 41.4 Å². The molecule has 0 spiro atoms. The molecule has 0 saturated carbocycles. The third-order valence-electron chi connectivity index (χ3n) is 4.20. The van der Waals surface area contributed by atoms with Gasteiger partial charge in [0.05, 0.1) is 11.4 Å². The highest BCUT2D eigenvalue weighted by molar-refractivity contribution is 7.13.